The normalized spacial score (nSPS) is 13.9. The molecule has 2 unspecified atom stereocenters. The molecule has 0 heterocycles. The standard InChI is InChI=1S/C10H15NO3/c1-4-8(12)6-9(10(13)14)7(3)11-5-2/h7,9H,2,4,6H2,1,3H3,(H,13,14). The van der Waals surface area contributed by atoms with Crippen molar-refractivity contribution in [1.82, 2.24) is 0 Å². The van der Waals surface area contributed by atoms with Crippen molar-refractivity contribution in [1.29, 1.82) is 0 Å². The van der Waals surface area contributed by atoms with Gasteiger partial charge >= 0.3 is 5.97 Å². The van der Waals surface area contributed by atoms with Crippen LogP contribution >= 0.6 is 0 Å². The molecule has 2 atom stereocenters. The van der Waals surface area contributed by atoms with Crippen LogP contribution in [0.15, 0.2) is 11.6 Å². The topological polar surface area (TPSA) is 66.7 Å². The monoisotopic (exact) mass is 197 g/mol. The van der Waals surface area contributed by atoms with E-state index in [-0.39, 0.29) is 12.2 Å². The minimum atomic E-state index is -1.00. The molecule has 4 nitrogen and oxygen atoms in total. The second kappa shape index (κ2) is 6.11. The van der Waals surface area contributed by atoms with Crippen LogP contribution in [-0.4, -0.2) is 28.8 Å². The number of hydrogen-bond acceptors (Lipinski definition) is 3. The molecule has 14 heavy (non-hydrogen) atoms. The quantitative estimate of drug-likeness (QED) is 0.652. The molecule has 0 amide bonds. The number of ketones is 1. The number of carboxylic acids is 1. The fourth-order valence-corrected chi connectivity index (χ4v) is 1.09. The molecule has 0 aliphatic rings. The third kappa shape index (κ3) is 4.01. The molecule has 0 bridgehead atoms. The Morgan fingerprint density at radius 2 is 2.14 bits per heavy atom. The van der Waals surface area contributed by atoms with Gasteiger partial charge in [-0.2, -0.15) is 0 Å². The van der Waals surface area contributed by atoms with Crippen molar-refractivity contribution in [3.05, 3.63) is 6.58 Å². The first-order chi connectivity index (χ1) is 6.52. The number of aliphatic imine (C=N–C) groups is 1. The number of nitrogens with zero attached hydrogens (tertiary/aromatic N) is 1. The largest absolute Gasteiger partial charge is 0.481 e. The summed E-state index contributed by atoms with van der Waals surface area (Å²) in [6, 6.07) is -0.458. The molecule has 0 aromatic rings. The fourth-order valence-electron chi connectivity index (χ4n) is 1.09. The van der Waals surface area contributed by atoms with Gasteiger partial charge in [-0.3, -0.25) is 9.59 Å². The molecule has 4 heteroatoms. The van der Waals surface area contributed by atoms with E-state index >= 15 is 0 Å². The van der Waals surface area contributed by atoms with Crippen LogP contribution < -0.4 is 0 Å². The second-order valence-electron chi connectivity index (χ2n) is 3.07. The lowest BCUT2D eigenvalue weighted by atomic mass is 9.95. The number of rotatable bonds is 6. The van der Waals surface area contributed by atoms with E-state index in [1.165, 1.54) is 0 Å². The SMILES string of the molecule is C=C=NC(C)C(CC(=O)CC)C(=O)O. The van der Waals surface area contributed by atoms with Crippen LogP contribution in [0.3, 0.4) is 0 Å². The van der Waals surface area contributed by atoms with Gasteiger partial charge in [0.15, 0.2) is 0 Å². The number of Topliss-reactive ketones (excluding diaryl/α,β-unsaturated/α-hetero) is 1. The highest BCUT2D eigenvalue weighted by Crippen LogP contribution is 2.13. The first-order valence-electron chi connectivity index (χ1n) is 4.49. The number of aliphatic carboxylic acids is 1. The zero-order valence-electron chi connectivity index (χ0n) is 8.49. The van der Waals surface area contributed by atoms with Gasteiger partial charge in [-0.25, -0.2) is 4.99 Å². The maximum Gasteiger partial charge on any atom is 0.309 e. The number of carbonyl (C=O) groups excluding carboxylic acids is 1. The number of carbonyl (C=O) groups is 2. The number of hydrogen-bond donors (Lipinski definition) is 1. The number of carboxylic acid groups (broad SMARTS) is 1. The summed E-state index contributed by atoms with van der Waals surface area (Å²) in [5.41, 5.74) is 0. The van der Waals surface area contributed by atoms with E-state index in [1.807, 2.05) is 0 Å². The zero-order chi connectivity index (χ0) is 11.1. The molecule has 0 aromatic heterocycles. The van der Waals surface area contributed by atoms with Gasteiger partial charge in [-0.15, -0.1) is 0 Å². The summed E-state index contributed by atoms with van der Waals surface area (Å²) >= 11 is 0. The maximum absolute atomic E-state index is 11.1. The summed E-state index contributed by atoms with van der Waals surface area (Å²) in [6.07, 6.45) is 0.381. The Kier molecular flexibility index (Phi) is 5.49. The summed E-state index contributed by atoms with van der Waals surface area (Å²) in [6.45, 7) is 6.62. The Labute approximate surface area is 83.3 Å². The van der Waals surface area contributed by atoms with E-state index < -0.39 is 17.9 Å². The Balaban J connectivity index is 4.51. The summed E-state index contributed by atoms with van der Waals surface area (Å²) < 4.78 is 0. The van der Waals surface area contributed by atoms with E-state index in [1.54, 1.807) is 13.8 Å². The summed E-state index contributed by atoms with van der Waals surface area (Å²) in [4.78, 5) is 25.6. The zero-order valence-corrected chi connectivity index (χ0v) is 8.49. The van der Waals surface area contributed by atoms with Crippen molar-refractivity contribution < 1.29 is 14.7 Å². The molecule has 78 valence electrons. The predicted octanol–water partition coefficient (Wildman–Crippen LogP) is 1.30. The highest BCUT2D eigenvalue weighted by molar-refractivity contribution is 5.84. The van der Waals surface area contributed by atoms with E-state index in [0.29, 0.717) is 6.42 Å². The lowest BCUT2D eigenvalue weighted by Crippen LogP contribution is -2.27. The van der Waals surface area contributed by atoms with Crippen LogP contribution in [0.1, 0.15) is 26.7 Å². The van der Waals surface area contributed by atoms with E-state index in [0.717, 1.165) is 0 Å². The van der Waals surface area contributed by atoms with Gasteiger partial charge in [0.25, 0.3) is 0 Å². The Bertz CT molecular complexity index is 267. The molecule has 0 rings (SSSR count). The predicted molar refractivity (Wildman–Crippen MR) is 53.6 cm³/mol. The van der Waals surface area contributed by atoms with E-state index in [2.05, 4.69) is 17.4 Å². The summed E-state index contributed by atoms with van der Waals surface area (Å²) in [5.74, 6) is 0.460. The minimum Gasteiger partial charge on any atom is -0.481 e. The second-order valence-corrected chi connectivity index (χ2v) is 3.07. The molecular weight excluding hydrogens is 182 g/mol. The van der Waals surface area contributed by atoms with Gasteiger partial charge in [0.1, 0.15) is 5.78 Å². The van der Waals surface area contributed by atoms with Crippen LogP contribution in [0, 0.1) is 5.92 Å². The van der Waals surface area contributed by atoms with Crippen LogP contribution in [0.4, 0.5) is 0 Å². The van der Waals surface area contributed by atoms with Crippen molar-refractivity contribution in [2.75, 3.05) is 0 Å². The highest BCUT2D eigenvalue weighted by atomic mass is 16.4. The highest BCUT2D eigenvalue weighted by Gasteiger charge is 2.26. The van der Waals surface area contributed by atoms with Gasteiger partial charge in [0.2, 0.25) is 0 Å². The van der Waals surface area contributed by atoms with Crippen molar-refractivity contribution in [3.8, 4) is 0 Å². The molecule has 0 aliphatic carbocycles. The van der Waals surface area contributed by atoms with Crippen LogP contribution in [0.2, 0.25) is 0 Å². The van der Waals surface area contributed by atoms with Crippen LogP contribution in [0.25, 0.3) is 0 Å². The average Bonchev–Trinajstić information content (AvgIpc) is 2.13. The third-order valence-electron chi connectivity index (χ3n) is 2.04. The first-order valence-corrected chi connectivity index (χ1v) is 4.49. The molecule has 0 spiro atoms. The lowest BCUT2D eigenvalue weighted by molar-refractivity contribution is -0.144. The molecular formula is C10H15NO3. The molecule has 0 radical (unpaired) electrons. The van der Waals surface area contributed by atoms with E-state index in [4.69, 9.17) is 5.11 Å². The van der Waals surface area contributed by atoms with Gasteiger partial charge in [0, 0.05) is 12.8 Å². The lowest BCUT2D eigenvalue weighted by Gasteiger charge is -2.14. The van der Waals surface area contributed by atoms with Crippen molar-refractivity contribution in [2.45, 2.75) is 32.7 Å². The Hall–Kier alpha value is -1.41. The Morgan fingerprint density at radius 3 is 2.50 bits per heavy atom. The van der Waals surface area contributed by atoms with Crippen molar-refractivity contribution in [2.24, 2.45) is 10.9 Å². The van der Waals surface area contributed by atoms with Crippen LogP contribution in [0.5, 0.6) is 0 Å². The van der Waals surface area contributed by atoms with E-state index in [9.17, 15) is 9.59 Å². The molecule has 0 saturated carbocycles. The summed E-state index contributed by atoms with van der Waals surface area (Å²) in [7, 11) is 0. The molecule has 0 saturated heterocycles. The maximum atomic E-state index is 11.1. The summed E-state index contributed by atoms with van der Waals surface area (Å²) in [5, 5.41) is 8.85. The molecule has 0 aliphatic heterocycles. The van der Waals surface area contributed by atoms with Gasteiger partial charge in [-0.1, -0.05) is 6.92 Å². The van der Waals surface area contributed by atoms with Gasteiger partial charge in [-0.05, 0) is 19.4 Å². The molecule has 1 N–H and O–H groups in total. The molecule has 0 aromatic carbocycles. The Morgan fingerprint density at radius 1 is 1.57 bits per heavy atom. The fraction of sp³-hybridized carbons (Fsp3) is 0.600. The van der Waals surface area contributed by atoms with Crippen LogP contribution in [-0.2, 0) is 9.59 Å². The van der Waals surface area contributed by atoms with Crippen molar-refractivity contribution in [3.63, 3.8) is 0 Å². The van der Waals surface area contributed by atoms with Crippen molar-refractivity contribution >= 4 is 17.6 Å². The third-order valence-corrected chi connectivity index (χ3v) is 2.04. The molecule has 0 fully saturated rings. The van der Waals surface area contributed by atoms with Gasteiger partial charge in [0.05, 0.1) is 12.0 Å². The minimum absolute atomic E-state index is 0.0260. The average molecular weight is 197 g/mol. The van der Waals surface area contributed by atoms with Gasteiger partial charge < -0.3 is 5.11 Å². The first kappa shape index (κ1) is 12.6. The smallest absolute Gasteiger partial charge is 0.309 e.